The molecule has 36 heavy (non-hydrogen) atoms. The van der Waals surface area contributed by atoms with Crippen molar-refractivity contribution in [2.75, 3.05) is 53.3 Å². The molecule has 5 heterocycles. The lowest BCUT2D eigenvalue weighted by Crippen LogP contribution is -2.45. The number of hydrogen-bond donors (Lipinski definition) is 2. The second-order valence-electron chi connectivity index (χ2n) is 9.27. The number of morpholine rings is 2. The average molecular weight is 489 g/mol. The van der Waals surface area contributed by atoms with Crippen LogP contribution in [0.5, 0.6) is 0 Å². The zero-order valence-electron chi connectivity index (χ0n) is 20.0. The third-order valence-corrected chi connectivity index (χ3v) is 6.73. The first-order chi connectivity index (χ1) is 17.6. The first-order valence-corrected chi connectivity index (χ1v) is 12.2. The molecule has 0 saturated carbocycles. The van der Waals surface area contributed by atoms with Crippen LogP contribution in [0.1, 0.15) is 13.3 Å². The number of carbonyl (C=O) groups is 1. The zero-order valence-corrected chi connectivity index (χ0v) is 20.0. The number of ether oxygens (including phenoxy) is 2. The Kier molecular flexibility index (Phi) is 6.08. The van der Waals surface area contributed by atoms with Gasteiger partial charge in [-0.3, -0.25) is 4.98 Å². The Labute approximate surface area is 208 Å². The van der Waals surface area contributed by atoms with Crippen molar-refractivity contribution in [1.29, 1.82) is 0 Å². The second kappa shape index (κ2) is 9.67. The minimum absolute atomic E-state index is 0.172. The monoisotopic (exact) mass is 488 g/mol. The van der Waals surface area contributed by atoms with E-state index in [1.807, 2.05) is 24.3 Å². The molecule has 186 valence electrons. The highest BCUT2D eigenvalue weighted by molar-refractivity contribution is 5.99. The number of hydrogen-bond acceptors (Lipinski definition) is 9. The van der Waals surface area contributed by atoms with Crippen LogP contribution in [0.15, 0.2) is 48.8 Å². The molecule has 6 rings (SSSR count). The molecule has 2 bridgehead atoms. The Balaban J connectivity index is 1.25. The van der Waals surface area contributed by atoms with Gasteiger partial charge in [0.2, 0.25) is 11.9 Å². The third-order valence-electron chi connectivity index (χ3n) is 6.73. The van der Waals surface area contributed by atoms with Crippen molar-refractivity contribution < 1.29 is 14.3 Å². The number of benzene rings is 1. The maximum Gasteiger partial charge on any atom is 0.323 e. The molecule has 11 nitrogen and oxygen atoms in total. The number of urea groups is 1. The molecule has 0 radical (unpaired) electrons. The van der Waals surface area contributed by atoms with Crippen molar-refractivity contribution >= 4 is 29.3 Å². The molecule has 0 aliphatic carbocycles. The SMILES string of the molecule is CC1COCCN1c1nc(-c2ccc(NC(=O)Nc3ccncc3)cc2)nc(N2CC3CC2CO3)n1. The molecule has 11 heteroatoms. The highest BCUT2D eigenvalue weighted by atomic mass is 16.5. The number of carbonyl (C=O) groups excluding carboxylic acids is 1. The summed E-state index contributed by atoms with van der Waals surface area (Å²) in [6.07, 6.45) is 4.50. The van der Waals surface area contributed by atoms with E-state index in [0.29, 0.717) is 55.0 Å². The van der Waals surface area contributed by atoms with Crippen molar-refractivity contribution in [2.24, 2.45) is 0 Å². The number of nitrogens with one attached hydrogen (secondary N) is 2. The van der Waals surface area contributed by atoms with Crippen LogP contribution in [0.25, 0.3) is 11.4 Å². The van der Waals surface area contributed by atoms with Crippen molar-refractivity contribution in [3.05, 3.63) is 48.8 Å². The molecule has 3 aliphatic heterocycles. The zero-order chi connectivity index (χ0) is 24.5. The standard InChI is InChI=1S/C25H28N8O3/c1-16-14-35-11-10-32(16)23-29-22(30-24(31-23)33-13-21-12-20(33)15-36-21)17-2-4-18(5-3-17)27-25(34)28-19-6-8-26-9-7-19/h2-9,16,20-21H,10-15H2,1H3,(H2,26,27,28,34). The smallest absolute Gasteiger partial charge is 0.323 e. The molecule has 2 amide bonds. The Bertz CT molecular complexity index is 1210. The second-order valence-corrected chi connectivity index (χ2v) is 9.27. The maximum absolute atomic E-state index is 12.3. The number of fused-ring (bicyclic) bond motifs is 2. The van der Waals surface area contributed by atoms with Crippen molar-refractivity contribution in [2.45, 2.75) is 31.5 Å². The lowest BCUT2D eigenvalue weighted by molar-refractivity contribution is 0.0974. The fraction of sp³-hybridized carbons (Fsp3) is 0.400. The van der Waals surface area contributed by atoms with Crippen molar-refractivity contribution in [1.82, 2.24) is 19.9 Å². The van der Waals surface area contributed by atoms with Gasteiger partial charge in [-0.15, -0.1) is 0 Å². The number of amides is 2. The number of nitrogens with zero attached hydrogens (tertiary/aromatic N) is 6. The van der Waals surface area contributed by atoms with E-state index in [2.05, 4.69) is 32.3 Å². The molecule has 2 N–H and O–H groups in total. The Morgan fingerprint density at radius 1 is 0.944 bits per heavy atom. The number of rotatable bonds is 5. The van der Waals surface area contributed by atoms with Gasteiger partial charge in [-0.25, -0.2) is 4.79 Å². The van der Waals surface area contributed by atoms with Crippen molar-refractivity contribution in [3.63, 3.8) is 0 Å². The first-order valence-electron chi connectivity index (χ1n) is 12.2. The summed E-state index contributed by atoms with van der Waals surface area (Å²) in [6, 6.07) is 11.1. The summed E-state index contributed by atoms with van der Waals surface area (Å²) in [5.74, 6) is 1.95. The summed E-state index contributed by atoms with van der Waals surface area (Å²) in [7, 11) is 0. The van der Waals surface area contributed by atoms with Gasteiger partial charge in [0.1, 0.15) is 0 Å². The minimum atomic E-state index is -0.328. The van der Waals surface area contributed by atoms with Crippen molar-refractivity contribution in [3.8, 4) is 11.4 Å². The summed E-state index contributed by atoms with van der Waals surface area (Å²) in [4.78, 5) is 35.3. The van der Waals surface area contributed by atoms with Crippen LogP contribution >= 0.6 is 0 Å². The summed E-state index contributed by atoms with van der Waals surface area (Å²) in [5.41, 5.74) is 2.18. The van der Waals surface area contributed by atoms with Gasteiger partial charge < -0.3 is 29.9 Å². The number of anilines is 4. The normalized spacial score (nSPS) is 23.1. The van der Waals surface area contributed by atoms with E-state index < -0.39 is 0 Å². The molecule has 3 atom stereocenters. The van der Waals surface area contributed by atoms with E-state index in [4.69, 9.17) is 24.4 Å². The molecular formula is C25H28N8O3. The van der Waals surface area contributed by atoms with Gasteiger partial charge in [0.05, 0.1) is 38.0 Å². The summed E-state index contributed by atoms with van der Waals surface area (Å²) >= 11 is 0. The average Bonchev–Trinajstić information content (AvgIpc) is 3.54. The van der Waals surface area contributed by atoms with Gasteiger partial charge in [-0.05, 0) is 49.7 Å². The van der Waals surface area contributed by atoms with E-state index in [0.717, 1.165) is 25.1 Å². The third kappa shape index (κ3) is 4.67. The van der Waals surface area contributed by atoms with Crippen LogP contribution in [0.4, 0.5) is 28.1 Å². The fourth-order valence-electron chi connectivity index (χ4n) is 4.84. The predicted octanol–water partition coefficient (Wildman–Crippen LogP) is 2.78. The van der Waals surface area contributed by atoms with Crippen LogP contribution in [-0.4, -0.2) is 77.1 Å². The summed E-state index contributed by atoms with van der Waals surface area (Å²) < 4.78 is 11.4. The molecule has 3 fully saturated rings. The molecule has 3 unspecified atom stereocenters. The maximum atomic E-state index is 12.3. The van der Waals surface area contributed by atoms with Crippen LogP contribution in [0.3, 0.4) is 0 Å². The van der Waals surface area contributed by atoms with Gasteiger partial charge in [0, 0.05) is 42.4 Å². The number of aromatic nitrogens is 4. The van der Waals surface area contributed by atoms with Crippen LogP contribution in [0.2, 0.25) is 0 Å². The lowest BCUT2D eigenvalue weighted by atomic mass is 10.2. The van der Waals surface area contributed by atoms with E-state index >= 15 is 0 Å². The first kappa shape index (κ1) is 22.6. The Morgan fingerprint density at radius 3 is 2.33 bits per heavy atom. The lowest BCUT2D eigenvalue weighted by Gasteiger charge is -2.34. The highest BCUT2D eigenvalue weighted by Gasteiger charge is 2.41. The van der Waals surface area contributed by atoms with E-state index in [-0.39, 0.29) is 18.2 Å². The van der Waals surface area contributed by atoms with E-state index in [1.165, 1.54) is 0 Å². The van der Waals surface area contributed by atoms with Gasteiger partial charge in [0.15, 0.2) is 5.82 Å². The molecule has 0 spiro atoms. The fourth-order valence-corrected chi connectivity index (χ4v) is 4.84. The Morgan fingerprint density at radius 2 is 1.67 bits per heavy atom. The van der Waals surface area contributed by atoms with Crippen LogP contribution in [0, 0.1) is 0 Å². The van der Waals surface area contributed by atoms with Gasteiger partial charge in [-0.1, -0.05) is 0 Å². The van der Waals surface area contributed by atoms with E-state index in [9.17, 15) is 4.79 Å². The quantitative estimate of drug-likeness (QED) is 0.559. The van der Waals surface area contributed by atoms with Gasteiger partial charge in [-0.2, -0.15) is 15.0 Å². The van der Waals surface area contributed by atoms with Gasteiger partial charge >= 0.3 is 6.03 Å². The summed E-state index contributed by atoms with van der Waals surface area (Å²) in [6.45, 7) is 5.63. The Hall–Kier alpha value is -3.83. The largest absolute Gasteiger partial charge is 0.377 e. The van der Waals surface area contributed by atoms with Gasteiger partial charge in [0.25, 0.3) is 0 Å². The molecular weight excluding hydrogens is 460 g/mol. The number of pyridine rings is 1. The van der Waals surface area contributed by atoms with Crippen LogP contribution < -0.4 is 20.4 Å². The molecule has 2 aromatic heterocycles. The predicted molar refractivity (Wildman–Crippen MR) is 135 cm³/mol. The minimum Gasteiger partial charge on any atom is -0.377 e. The topological polar surface area (TPSA) is 118 Å². The molecule has 3 aliphatic rings. The van der Waals surface area contributed by atoms with E-state index in [1.54, 1.807) is 24.5 Å². The highest BCUT2D eigenvalue weighted by Crippen LogP contribution is 2.33. The molecule has 3 saturated heterocycles. The van der Waals surface area contributed by atoms with Crippen LogP contribution in [-0.2, 0) is 9.47 Å². The summed E-state index contributed by atoms with van der Waals surface area (Å²) in [5, 5.41) is 5.63. The molecule has 3 aromatic rings. The molecule has 1 aromatic carbocycles.